The zero-order valence-electron chi connectivity index (χ0n) is 11.5. The highest BCUT2D eigenvalue weighted by Crippen LogP contribution is 2.31. The van der Waals surface area contributed by atoms with E-state index >= 15 is 0 Å². The van der Waals surface area contributed by atoms with Crippen LogP contribution in [0.3, 0.4) is 0 Å². The van der Waals surface area contributed by atoms with E-state index in [9.17, 15) is 18.0 Å². The van der Waals surface area contributed by atoms with Gasteiger partial charge in [-0.25, -0.2) is 4.79 Å². The molecule has 1 heterocycles. The van der Waals surface area contributed by atoms with Crippen molar-refractivity contribution in [2.75, 3.05) is 0 Å². The van der Waals surface area contributed by atoms with Crippen LogP contribution in [0.15, 0.2) is 47.3 Å². The van der Waals surface area contributed by atoms with Crippen LogP contribution in [0.2, 0.25) is 0 Å². The number of aryl methyl sites for hydroxylation is 1. The fourth-order valence-corrected chi connectivity index (χ4v) is 2.34. The van der Waals surface area contributed by atoms with Crippen molar-refractivity contribution in [3.05, 3.63) is 64.2 Å². The summed E-state index contributed by atoms with van der Waals surface area (Å²) in [5.41, 5.74) is 1.55. The lowest BCUT2D eigenvalue weighted by Gasteiger charge is -2.09. The normalized spacial score (nSPS) is 11.8. The second kappa shape index (κ2) is 4.98. The molecule has 0 aliphatic rings. The number of H-pyrrole nitrogens is 1. The Morgan fingerprint density at radius 1 is 1.00 bits per heavy atom. The summed E-state index contributed by atoms with van der Waals surface area (Å²) in [6.07, 6.45) is -4.35. The smallest absolute Gasteiger partial charge is 0.305 e. The molecule has 0 unspecified atom stereocenters. The molecule has 0 spiro atoms. The number of aromatic amines is 1. The predicted octanol–water partition coefficient (Wildman–Crippen LogP) is 3.92. The van der Waals surface area contributed by atoms with Gasteiger partial charge in [-0.05, 0) is 42.3 Å². The van der Waals surface area contributed by atoms with E-state index in [1.54, 1.807) is 25.1 Å². The fraction of sp³-hybridized carbons (Fsp3) is 0.125. The number of hydrogen-bond acceptors (Lipinski definition) is 2. The Hall–Kier alpha value is -2.63. The third-order valence-corrected chi connectivity index (χ3v) is 3.47. The van der Waals surface area contributed by atoms with Crippen LogP contribution in [0.1, 0.15) is 11.3 Å². The summed E-state index contributed by atoms with van der Waals surface area (Å²) >= 11 is 0. The molecule has 0 bridgehead atoms. The third kappa shape index (κ3) is 2.59. The summed E-state index contributed by atoms with van der Waals surface area (Å²) in [6, 6.07) is 10.2. The summed E-state index contributed by atoms with van der Waals surface area (Å²) < 4.78 is 37.7. The van der Waals surface area contributed by atoms with Crippen molar-refractivity contribution in [3.8, 4) is 11.1 Å². The van der Waals surface area contributed by atoms with Crippen LogP contribution in [0, 0.1) is 6.92 Å². The Morgan fingerprint density at radius 3 is 2.27 bits per heavy atom. The van der Waals surface area contributed by atoms with Crippen LogP contribution in [-0.2, 0) is 6.18 Å². The fourth-order valence-electron chi connectivity index (χ4n) is 2.34. The molecule has 3 aromatic rings. The summed E-state index contributed by atoms with van der Waals surface area (Å²) in [5.74, 6) is 0. The SMILES string of the molecule is Cc1nc(=O)[nH]c2ccc(-c3ccc(C(F)(F)F)cc3)cc12. The van der Waals surface area contributed by atoms with Crippen molar-refractivity contribution in [1.29, 1.82) is 0 Å². The second-order valence-electron chi connectivity index (χ2n) is 4.96. The Morgan fingerprint density at radius 2 is 1.64 bits per heavy atom. The Bertz CT molecular complexity index is 896. The maximum Gasteiger partial charge on any atom is 0.416 e. The minimum atomic E-state index is -4.35. The topological polar surface area (TPSA) is 45.8 Å². The van der Waals surface area contributed by atoms with Crippen LogP contribution < -0.4 is 5.69 Å². The van der Waals surface area contributed by atoms with Crippen LogP contribution in [0.4, 0.5) is 13.2 Å². The largest absolute Gasteiger partial charge is 0.416 e. The molecule has 3 nitrogen and oxygen atoms in total. The number of halogens is 3. The predicted molar refractivity (Wildman–Crippen MR) is 77.5 cm³/mol. The highest BCUT2D eigenvalue weighted by Gasteiger charge is 2.29. The van der Waals surface area contributed by atoms with Gasteiger partial charge in [0.05, 0.1) is 16.8 Å². The van der Waals surface area contributed by atoms with Crippen molar-refractivity contribution in [1.82, 2.24) is 9.97 Å². The first-order chi connectivity index (χ1) is 10.3. The number of hydrogen-bond donors (Lipinski definition) is 1. The van der Waals surface area contributed by atoms with E-state index in [0.717, 1.165) is 23.1 Å². The molecule has 0 atom stereocenters. The van der Waals surface area contributed by atoms with Gasteiger partial charge in [0.25, 0.3) is 0 Å². The lowest BCUT2D eigenvalue weighted by molar-refractivity contribution is -0.137. The summed E-state index contributed by atoms with van der Waals surface area (Å²) in [7, 11) is 0. The average molecular weight is 304 g/mol. The number of nitrogens with one attached hydrogen (secondary N) is 1. The Labute approximate surface area is 123 Å². The molecule has 0 radical (unpaired) electrons. The molecule has 0 aliphatic heterocycles. The minimum absolute atomic E-state index is 0.424. The van der Waals surface area contributed by atoms with E-state index in [1.807, 2.05) is 0 Å². The molecule has 22 heavy (non-hydrogen) atoms. The number of alkyl halides is 3. The Kier molecular flexibility index (Phi) is 3.24. The molecule has 0 saturated heterocycles. The van der Waals surface area contributed by atoms with Crippen LogP contribution >= 0.6 is 0 Å². The van der Waals surface area contributed by atoms with E-state index in [-0.39, 0.29) is 0 Å². The zero-order valence-corrected chi connectivity index (χ0v) is 11.5. The number of nitrogens with zero attached hydrogens (tertiary/aromatic N) is 1. The molecule has 0 aliphatic carbocycles. The van der Waals surface area contributed by atoms with Gasteiger partial charge in [0, 0.05) is 5.39 Å². The minimum Gasteiger partial charge on any atom is -0.305 e. The van der Waals surface area contributed by atoms with Crippen molar-refractivity contribution < 1.29 is 13.2 Å². The first kappa shape index (κ1) is 14.3. The highest BCUT2D eigenvalue weighted by molar-refractivity contribution is 5.85. The van der Waals surface area contributed by atoms with Crippen molar-refractivity contribution in [2.45, 2.75) is 13.1 Å². The maximum absolute atomic E-state index is 12.6. The molecule has 0 fully saturated rings. The van der Waals surface area contributed by atoms with Gasteiger partial charge >= 0.3 is 11.9 Å². The highest BCUT2D eigenvalue weighted by atomic mass is 19.4. The zero-order chi connectivity index (χ0) is 15.9. The monoisotopic (exact) mass is 304 g/mol. The quantitative estimate of drug-likeness (QED) is 0.740. The molecule has 112 valence electrons. The summed E-state index contributed by atoms with van der Waals surface area (Å²) in [5, 5.41) is 0.761. The van der Waals surface area contributed by atoms with E-state index in [0.29, 0.717) is 16.8 Å². The van der Waals surface area contributed by atoms with E-state index in [1.165, 1.54) is 12.1 Å². The molecule has 3 rings (SSSR count). The number of benzene rings is 2. The van der Waals surface area contributed by atoms with Gasteiger partial charge in [-0.3, -0.25) is 0 Å². The van der Waals surface area contributed by atoms with Crippen LogP contribution in [0.25, 0.3) is 22.0 Å². The molecule has 0 amide bonds. The lowest BCUT2D eigenvalue weighted by atomic mass is 10.0. The van der Waals surface area contributed by atoms with Gasteiger partial charge < -0.3 is 4.98 Å². The summed E-state index contributed by atoms with van der Waals surface area (Å²) in [4.78, 5) is 17.8. The van der Waals surface area contributed by atoms with Gasteiger partial charge in [0.1, 0.15) is 0 Å². The number of rotatable bonds is 1. The maximum atomic E-state index is 12.6. The first-order valence-corrected chi connectivity index (χ1v) is 6.53. The van der Waals surface area contributed by atoms with E-state index < -0.39 is 17.4 Å². The standard InChI is InChI=1S/C16H11F3N2O/c1-9-13-8-11(4-7-14(13)21-15(22)20-9)10-2-5-12(6-3-10)16(17,18)19/h2-8H,1H3,(H,20,21,22). The molecule has 0 saturated carbocycles. The van der Waals surface area contributed by atoms with E-state index in [2.05, 4.69) is 9.97 Å². The molecular formula is C16H11F3N2O. The van der Waals surface area contributed by atoms with Crippen LogP contribution in [0.5, 0.6) is 0 Å². The first-order valence-electron chi connectivity index (χ1n) is 6.53. The van der Waals surface area contributed by atoms with Gasteiger partial charge in [0.2, 0.25) is 0 Å². The number of aromatic nitrogens is 2. The molecular weight excluding hydrogens is 293 g/mol. The number of fused-ring (bicyclic) bond motifs is 1. The van der Waals surface area contributed by atoms with Crippen LogP contribution in [-0.4, -0.2) is 9.97 Å². The molecule has 6 heteroatoms. The lowest BCUT2D eigenvalue weighted by Crippen LogP contribution is -2.11. The third-order valence-electron chi connectivity index (χ3n) is 3.47. The molecule has 1 aromatic heterocycles. The average Bonchev–Trinajstić information content (AvgIpc) is 2.46. The molecule has 2 aromatic carbocycles. The van der Waals surface area contributed by atoms with Gasteiger partial charge in [-0.1, -0.05) is 18.2 Å². The van der Waals surface area contributed by atoms with Gasteiger partial charge in [-0.15, -0.1) is 0 Å². The van der Waals surface area contributed by atoms with Crippen molar-refractivity contribution in [2.24, 2.45) is 0 Å². The van der Waals surface area contributed by atoms with Gasteiger partial charge in [-0.2, -0.15) is 18.2 Å². The van der Waals surface area contributed by atoms with E-state index in [4.69, 9.17) is 0 Å². The second-order valence-corrected chi connectivity index (χ2v) is 4.96. The van der Waals surface area contributed by atoms with Gasteiger partial charge in [0.15, 0.2) is 0 Å². The van der Waals surface area contributed by atoms with Crippen molar-refractivity contribution >= 4 is 10.9 Å². The Balaban J connectivity index is 2.09. The van der Waals surface area contributed by atoms with Crippen molar-refractivity contribution in [3.63, 3.8) is 0 Å². The summed E-state index contributed by atoms with van der Waals surface area (Å²) in [6.45, 7) is 1.72. The molecule has 1 N–H and O–H groups in total.